The summed E-state index contributed by atoms with van der Waals surface area (Å²) in [5.41, 5.74) is 0. The Labute approximate surface area is 549 Å². The molecule has 6 atom stereocenters. The Kier molecular flexibility index (Phi) is 61.8. The monoisotopic (exact) mass is 1320 g/mol. The number of carbonyl (C=O) groups excluding carboxylic acids is 4. The van der Waals surface area contributed by atoms with Gasteiger partial charge in [0.2, 0.25) is 0 Å². The summed E-state index contributed by atoms with van der Waals surface area (Å²) in [5.74, 6) is -0.682. The van der Waals surface area contributed by atoms with Gasteiger partial charge in [0, 0.05) is 25.7 Å². The summed E-state index contributed by atoms with van der Waals surface area (Å²) in [7, 11) is -9.90. The zero-order valence-corrected chi connectivity index (χ0v) is 60.2. The maximum atomic E-state index is 13.0. The van der Waals surface area contributed by atoms with E-state index in [1.165, 1.54) is 180 Å². The number of phosphoric ester groups is 2. The van der Waals surface area contributed by atoms with Crippen molar-refractivity contribution >= 4 is 39.5 Å². The normalized spacial score (nSPS) is 14.4. The van der Waals surface area contributed by atoms with Crippen molar-refractivity contribution < 1.29 is 80.2 Å². The van der Waals surface area contributed by atoms with Gasteiger partial charge in [0.1, 0.15) is 19.3 Å². The maximum absolute atomic E-state index is 13.0. The second-order valence-electron chi connectivity index (χ2n) is 26.3. The lowest BCUT2D eigenvalue weighted by molar-refractivity contribution is -0.161. The smallest absolute Gasteiger partial charge is 0.462 e. The predicted octanol–water partition coefficient (Wildman–Crippen LogP) is 20.4. The molecule has 0 saturated heterocycles. The van der Waals surface area contributed by atoms with E-state index in [4.69, 9.17) is 37.0 Å². The average molecular weight is 1330 g/mol. The first-order valence-corrected chi connectivity index (χ1v) is 40.0. The zero-order valence-electron chi connectivity index (χ0n) is 58.4. The van der Waals surface area contributed by atoms with E-state index in [-0.39, 0.29) is 25.7 Å². The van der Waals surface area contributed by atoms with Crippen molar-refractivity contribution in [2.24, 2.45) is 11.8 Å². The van der Waals surface area contributed by atoms with Gasteiger partial charge in [-0.05, 0) is 37.5 Å². The van der Waals surface area contributed by atoms with Crippen molar-refractivity contribution in [3.05, 3.63) is 0 Å². The number of phosphoric acid groups is 2. The van der Waals surface area contributed by atoms with Crippen molar-refractivity contribution in [1.82, 2.24) is 0 Å². The van der Waals surface area contributed by atoms with E-state index in [2.05, 4.69) is 41.5 Å². The highest BCUT2D eigenvalue weighted by Crippen LogP contribution is 2.45. The molecule has 3 unspecified atom stereocenters. The van der Waals surface area contributed by atoms with E-state index in [1.54, 1.807) is 0 Å². The third-order valence-corrected chi connectivity index (χ3v) is 18.7. The molecule has 0 bridgehead atoms. The molecule has 0 spiro atoms. The maximum Gasteiger partial charge on any atom is 0.472 e. The standard InChI is InChI=1S/C71H138O17P2/c1-7-10-12-14-16-18-19-20-21-22-23-24-25-26-27-28-30-36-43-49-55-70(75)87-66(59-82-69(74)54-48-42-35-32-31-33-39-45-51-63(4)5)61-85-89(77,78)83-57-65(72)58-84-90(79,80)86-62-67(60-81-68(73)53-47-41-34-29-17-15-13-11-8-2)88-71(76)56-50-44-38-37-40-46-52-64(6)9-3/h63-67,72H,7-62H2,1-6H3,(H,77,78)(H,79,80)/t64?,65-,66-,67-/m1/s1. The van der Waals surface area contributed by atoms with Gasteiger partial charge in [0.25, 0.3) is 0 Å². The fraction of sp³-hybridized carbons (Fsp3) is 0.944. The summed E-state index contributed by atoms with van der Waals surface area (Å²) < 4.78 is 68.2. The minimum Gasteiger partial charge on any atom is -0.462 e. The van der Waals surface area contributed by atoms with E-state index in [0.29, 0.717) is 25.7 Å². The first-order chi connectivity index (χ1) is 43.4. The average Bonchev–Trinajstić information content (AvgIpc) is 3.05. The summed E-state index contributed by atoms with van der Waals surface area (Å²) in [6.07, 6.45) is 48.8. The van der Waals surface area contributed by atoms with Crippen LogP contribution in [0.1, 0.15) is 363 Å². The van der Waals surface area contributed by atoms with Crippen LogP contribution in [-0.2, 0) is 65.4 Å². The molecule has 0 aromatic heterocycles. The van der Waals surface area contributed by atoms with Crippen LogP contribution in [-0.4, -0.2) is 96.7 Å². The molecule has 0 radical (unpaired) electrons. The molecule has 0 aromatic carbocycles. The van der Waals surface area contributed by atoms with Crippen LogP contribution in [0.4, 0.5) is 0 Å². The van der Waals surface area contributed by atoms with Crippen molar-refractivity contribution in [3.8, 4) is 0 Å². The molecule has 0 heterocycles. The van der Waals surface area contributed by atoms with Crippen LogP contribution in [0.3, 0.4) is 0 Å². The van der Waals surface area contributed by atoms with E-state index >= 15 is 0 Å². The van der Waals surface area contributed by atoms with Gasteiger partial charge in [-0.25, -0.2) is 9.13 Å². The van der Waals surface area contributed by atoms with Gasteiger partial charge in [-0.1, -0.05) is 311 Å². The van der Waals surface area contributed by atoms with Gasteiger partial charge in [-0.2, -0.15) is 0 Å². The van der Waals surface area contributed by atoms with Crippen LogP contribution in [0.2, 0.25) is 0 Å². The summed E-state index contributed by atoms with van der Waals surface area (Å²) in [4.78, 5) is 72.5. The molecule has 3 N–H and O–H groups in total. The van der Waals surface area contributed by atoms with Gasteiger partial charge in [0.15, 0.2) is 12.2 Å². The van der Waals surface area contributed by atoms with Gasteiger partial charge < -0.3 is 33.8 Å². The molecule has 19 heteroatoms. The highest BCUT2D eigenvalue weighted by atomic mass is 31.2. The van der Waals surface area contributed by atoms with Crippen molar-refractivity contribution in [2.75, 3.05) is 39.6 Å². The van der Waals surface area contributed by atoms with E-state index in [0.717, 1.165) is 102 Å². The first kappa shape index (κ1) is 88.1. The zero-order chi connectivity index (χ0) is 66.5. The van der Waals surface area contributed by atoms with Gasteiger partial charge in [0.05, 0.1) is 26.4 Å². The lowest BCUT2D eigenvalue weighted by atomic mass is 10.00. The SMILES string of the molecule is CCCCCCCCCCCCCCCCCCCCCCC(=O)O[C@H](COC(=O)CCCCCCCCCCC(C)C)COP(=O)(O)OC[C@@H](O)COP(=O)(O)OC[C@@H](COC(=O)CCCCCCCCCCC)OC(=O)CCCCCCCCC(C)CC. The number of unbranched alkanes of at least 4 members (excludes halogenated alkanes) is 39. The second kappa shape index (κ2) is 63.1. The summed E-state index contributed by atoms with van der Waals surface area (Å²) in [6, 6.07) is 0. The number of hydrogen-bond acceptors (Lipinski definition) is 15. The lowest BCUT2D eigenvalue weighted by Gasteiger charge is -2.21. The van der Waals surface area contributed by atoms with Crippen LogP contribution in [0, 0.1) is 11.8 Å². The first-order valence-electron chi connectivity index (χ1n) is 37.0. The molecule has 0 aliphatic heterocycles. The minimum absolute atomic E-state index is 0.103. The Morgan fingerprint density at radius 2 is 0.567 bits per heavy atom. The Morgan fingerprint density at radius 1 is 0.322 bits per heavy atom. The molecule has 0 saturated carbocycles. The van der Waals surface area contributed by atoms with E-state index < -0.39 is 97.5 Å². The van der Waals surface area contributed by atoms with E-state index in [9.17, 15) is 43.2 Å². The summed E-state index contributed by atoms with van der Waals surface area (Å²) in [6.45, 7) is 9.45. The quantitative estimate of drug-likeness (QED) is 0.0222. The Bertz CT molecular complexity index is 1750. The molecule has 90 heavy (non-hydrogen) atoms. The number of carbonyl (C=O) groups is 4. The molecule has 534 valence electrons. The number of ether oxygens (including phenoxy) is 4. The van der Waals surface area contributed by atoms with Gasteiger partial charge in [-0.3, -0.25) is 37.3 Å². The van der Waals surface area contributed by atoms with Crippen LogP contribution in [0.5, 0.6) is 0 Å². The number of hydrogen-bond donors (Lipinski definition) is 3. The van der Waals surface area contributed by atoms with Crippen LogP contribution in [0.25, 0.3) is 0 Å². The Morgan fingerprint density at radius 3 is 0.844 bits per heavy atom. The molecule has 0 amide bonds. The Balaban J connectivity index is 5.17. The number of aliphatic hydroxyl groups excluding tert-OH is 1. The molecule has 0 aromatic rings. The predicted molar refractivity (Wildman–Crippen MR) is 363 cm³/mol. The molecular formula is C71H138O17P2. The lowest BCUT2D eigenvalue weighted by Crippen LogP contribution is -2.30. The molecule has 17 nitrogen and oxygen atoms in total. The molecule has 0 aliphatic carbocycles. The highest BCUT2D eigenvalue weighted by Gasteiger charge is 2.30. The summed E-state index contributed by atoms with van der Waals surface area (Å²) >= 11 is 0. The third kappa shape index (κ3) is 63.5. The number of aliphatic hydroxyl groups is 1. The number of rotatable bonds is 70. The van der Waals surface area contributed by atoms with Crippen LogP contribution in [0.15, 0.2) is 0 Å². The number of esters is 4. The fourth-order valence-electron chi connectivity index (χ4n) is 10.7. The second-order valence-corrected chi connectivity index (χ2v) is 29.3. The topological polar surface area (TPSA) is 237 Å². The fourth-order valence-corrected chi connectivity index (χ4v) is 12.3. The van der Waals surface area contributed by atoms with Gasteiger partial charge >= 0.3 is 39.5 Å². The molecular weight excluding hydrogens is 1190 g/mol. The summed E-state index contributed by atoms with van der Waals surface area (Å²) in [5, 5.41) is 10.6. The van der Waals surface area contributed by atoms with Crippen molar-refractivity contribution in [3.63, 3.8) is 0 Å². The molecule has 0 fully saturated rings. The molecule has 0 aliphatic rings. The Hall–Kier alpha value is -1.94. The third-order valence-electron chi connectivity index (χ3n) is 16.8. The van der Waals surface area contributed by atoms with Crippen LogP contribution < -0.4 is 0 Å². The largest absolute Gasteiger partial charge is 0.472 e. The van der Waals surface area contributed by atoms with Crippen molar-refractivity contribution in [2.45, 2.75) is 381 Å². The minimum atomic E-state index is -4.95. The molecule has 0 rings (SSSR count). The van der Waals surface area contributed by atoms with E-state index in [1.807, 2.05) is 0 Å². The van der Waals surface area contributed by atoms with Crippen molar-refractivity contribution in [1.29, 1.82) is 0 Å². The highest BCUT2D eigenvalue weighted by molar-refractivity contribution is 7.47. The van der Waals surface area contributed by atoms with Crippen LogP contribution >= 0.6 is 15.6 Å². The van der Waals surface area contributed by atoms with Gasteiger partial charge in [-0.15, -0.1) is 0 Å².